The van der Waals surface area contributed by atoms with Crippen LogP contribution < -0.4 is 10.2 Å². The van der Waals surface area contributed by atoms with Crippen molar-refractivity contribution in [2.75, 3.05) is 44.3 Å². The molecule has 2 saturated heterocycles. The van der Waals surface area contributed by atoms with Crippen LogP contribution >= 0.6 is 48.2 Å². The lowest BCUT2D eigenvalue weighted by molar-refractivity contribution is 0.199. The first-order chi connectivity index (χ1) is 10.8. The van der Waals surface area contributed by atoms with Gasteiger partial charge in [0.2, 0.25) is 0 Å². The van der Waals surface area contributed by atoms with Gasteiger partial charge in [-0.3, -0.25) is 0 Å². The summed E-state index contributed by atoms with van der Waals surface area (Å²) >= 11 is 8.24. The highest BCUT2D eigenvalue weighted by molar-refractivity contribution is 7.99. The Bertz CT molecular complexity index is 672. The summed E-state index contributed by atoms with van der Waals surface area (Å²) in [6.07, 6.45) is 1.09. The second-order valence-corrected chi connectivity index (χ2v) is 7.40. The van der Waals surface area contributed by atoms with Gasteiger partial charge in [-0.1, -0.05) is 23.4 Å². The fourth-order valence-corrected chi connectivity index (χ4v) is 4.26. The molecular formula is C15H21Cl3N4OS. The number of nitrogens with zero attached hydrogens (tertiary/aromatic N) is 2. The molecule has 1 aromatic carbocycles. The number of H-pyrrole nitrogens is 1. The Morgan fingerprint density at radius 2 is 2.04 bits per heavy atom. The molecule has 5 nitrogen and oxygen atoms in total. The summed E-state index contributed by atoms with van der Waals surface area (Å²) < 4.78 is 5.42. The number of piperazine rings is 1. The zero-order valence-corrected chi connectivity index (χ0v) is 16.3. The van der Waals surface area contributed by atoms with Gasteiger partial charge in [-0.15, -0.1) is 24.8 Å². The quantitative estimate of drug-likeness (QED) is 0.811. The van der Waals surface area contributed by atoms with Gasteiger partial charge in [0, 0.05) is 38.0 Å². The molecule has 3 heterocycles. The molecule has 24 heavy (non-hydrogen) atoms. The number of fused-ring (bicyclic) bond motifs is 1. The zero-order chi connectivity index (χ0) is 14.9. The van der Waals surface area contributed by atoms with E-state index in [9.17, 15) is 0 Å². The molecule has 0 aliphatic carbocycles. The lowest BCUT2D eigenvalue weighted by atomic mass is 10.2. The second-order valence-electron chi connectivity index (χ2n) is 5.70. The number of halogens is 3. The van der Waals surface area contributed by atoms with Crippen LogP contribution in [-0.2, 0) is 4.74 Å². The van der Waals surface area contributed by atoms with Gasteiger partial charge in [0.05, 0.1) is 28.4 Å². The minimum absolute atomic E-state index is 0. The number of hydrogen-bond acceptors (Lipinski definition) is 5. The molecule has 134 valence electrons. The van der Waals surface area contributed by atoms with Gasteiger partial charge in [0.25, 0.3) is 0 Å². The number of rotatable bonds is 3. The Kier molecular flexibility index (Phi) is 7.34. The van der Waals surface area contributed by atoms with E-state index in [0.717, 1.165) is 72.7 Å². The third-order valence-corrected chi connectivity index (χ3v) is 5.58. The molecule has 4 rings (SSSR count). The molecule has 0 bridgehead atoms. The van der Waals surface area contributed by atoms with Crippen molar-refractivity contribution in [3.63, 3.8) is 0 Å². The van der Waals surface area contributed by atoms with Gasteiger partial charge < -0.3 is 19.9 Å². The molecule has 0 saturated carbocycles. The van der Waals surface area contributed by atoms with E-state index < -0.39 is 0 Å². The van der Waals surface area contributed by atoms with Crippen molar-refractivity contribution in [2.24, 2.45) is 0 Å². The van der Waals surface area contributed by atoms with Gasteiger partial charge in [-0.05, 0) is 18.6 Å². The number of nitrogens with one attached hydrogen (secondary N) is 2. The van der Waals surface area contributed by atoms with E-state index in [-0.39, 0.29) is 24.8 Å². The number of anilines is 1. The Labute approximate surface area is 163 Å². The summed E-state index contributed by atoms with van der Waals surface area (Å²) in [6.45, 7) is 5.65. The maximum atomic E-state index is 6.47. The monoisotopic (exact) mass is 410 g/mol. The molecule has 2 aromatic rings. The predicted octanol–water partition coefficient (Wildman–Crippen LogP) is 3.35. The van der Waals surface area contributed by atoms with Crippen LogP contribution in [0.5, 0.6) is 0 Å². The Morgan fingerprint density at radius 1 is 1.25 bits per heavy atom. The molecule has 2 N–H and O–H groups in total. The lowest BCUT2D eigenvalue weighted by Crippen LogP contribution is -2.43. The van der Waals surface area contributed by atoms with Crippen molar-refractivity contribution < 1.29 is 4.74 Å². The smallest absolute Gasteiger partial charge is 0.166 e. The summed E-state index contributed by atoms with van der Waals surface area (Å²) in [5.41, 5.74) is 3.09. The van der Waals surface area contributed by atoms with E-state index in [4.69, 9.17) is 16.3 Å². The first kappa shape index (κ1) is 19.9. The topological polar surface area (TPSA) is 53.2 Å². The van der Waals surface area contributed by atoms with Crippen LogP contribution in [0.3, 0.4) is 0 Å². The van der Waals surface area contributed by atoms with Gasteiger partial charge in [-0.2, -0.15) is 0 Å². The van der Waals surface area contributed by atoms with Crippen LogP contribution in [0.25, 0.3) is 11.0 Å². The van der Waals surface area contributed by atoms with E-state index in [1.54, 1.807) is 11.8 Å². The van der Waals surface area contributed by atoms with Gasteiger partial charge in [-0.25, -0.2) is 4.98 Å². The highest BCUT2D eigenvalue weighted by Gasteiger charge is 2.20. The highest BCUT2D eigenvalue weighted by atomic mass is 35.5. The van der Waals surface area contributed by atoms with E-state index in [2.05, 4.69) is 26.3 Å². The van der Waals surface area contributed by atoms with E-state index in [1.807, 2.05) is 6.07 Å². The number of benzene rings is 1. The summed E-state index contributed by atoms with van der Waals surface area (Å²) in [5, 5.41) is 5.61. The van der Waals surface area contributed by atoms with Crippen molar-refractivity contribution >= 4 is 64.9 Å². The van der Waals surface area contributed by atoms with Crippen molar-refractivity contribution in [3.8, 4) is 0 Å². The summed E-state index contributed by atoms with van der Waals surface area (Å²) in [5.74, 6) is 0. The largest absolute Gasteiger partial charge is 0.380 e. The molecule has 1 unspecified atom stereocenters. The second kappa shape index (κ2) is 8.83. The average Bonchev–Trinajstić information content (AvgIpc) is 3.16. The lowest BCUT2D eigenvalue weighted by Gasteiger charge is -2.30. The van der Waals surface area contributed by atoms with Crippen LogP contribution in [-0.4, -0.2) is 54.6 Å². The standard InChI is InChI=1S/C15H19ClN4OS.2ClH/c16-11-7-12-13(8-14(11)20-4-2-17-3-5-20)19-15(18-12)22-10-1-6-21-9-10;;/h7-8,10,17H,1-6,9H2,(H,18,19);2*1H. The number of aromatic nitrogens is 2. The molecule has 2 aliphatic heterocycles. The fraction of sp³-hybridized carbons (Fsp3) is 0.533. The van der Waals surface area contributed by atoms with Crippen molar-refractivity contribution in [1.29, 1.82) is 0 Å². The number of imidazole rings is 1. The zero-order valence-electron chi connectivity index (χ0n) is 13.1. The Balaban J connectivity index is 0.00000104. The molecule has 0 amide bonds. The molecule has 2 aliphatic rings. The molecular weight excluding hydrogens is 391 g/mol. The Morgan fingerprint density at radius 3 is 2.75 bits per heavy atom. The Hall–Kier alpha value is -0.370. The van der Waals surface area contributed by atoms with Gasteiger partial charge >= 0.3 is 0 Å². The van der Waals surface area contributed by atoms with Gasteiger partial charge in [0.1, 0.15) is 0 Å². The predicted molar refractivity (Wildman–Crippen MR) is 106 cm³/mol. The number of hydrogen-bond donors (Lipinski definition) is 2. The molecule has 0 radical (unpaired) electrons. The van der Waals surface area contributed by atoms with Crippen LogP contribution in [0.2, 0.25) is 5.02 Å². The van der Waals surface area contributed by atoms with E-state index in [1.165, 1.54) is 0 Å². The third kappa shape index (κ3) is 4.23. The summed E-state index contributed by atoms with van der Waals surface area (Å²) in [4.78, 5) is 10.4. The van der Waals surface area contributed by atoms with Crippen molar-refractivity contribution in [1.82, 2.24) is 15.3 Å². The van der Waals surface area contributed by atoms with E-state index >= 15 is 0 Å². The number of ether oxygens (including phenoxy) is 1. The molecule has 1 atom stereocenters. The average molecular weight is 412 g/mol. The van der Waals surface area contributed by atoms with E-state index in [0.29, 0.717) is 5.25 Å². The maximum Gasteiger partial charge on any atom is 0.166 e. The number of thioether (sulfide) groups is 1. The third-order valence-electron chi connectivity index (χ3n) is 4.15. The summed E-state index contributed by atoms with van der Waals surface area (Å²) in [7, 11) is 0. The first-order valence-electron chi connectivity index (χ1n) is 7.69. The molecule has 1 aromatic heterocycles. The highest BCUT2D eigenvalue weighted by Crippen LogP contribution is 2.33. The molecule has 9 heteroatoms. The SMILES string of the molecule is Cl.Cl.Clc1cc2nc(SC3CCOC3)[nH]c2cc1N1CCNCC1. The van der Waals surface area contributed by atoms with Crippen molar-refractivity contribution in [3.05, 3.63) is 17.2 Å². The normalized spacial score (nSPS) is 20.7. The first-order valence-corrected chi connectivity index (χ1v) is 8.95. The minimum atomic E-state index is 0. The molecule has 2 fully saturated rings. The maximum absolute atomic E-state index is 6.47. The number of aromatic amines is 1. The van der Waals surface area contributed by atoms with Crippen LogP contribution in [0.1, 0.15) is 6.42 Å². The fourth-order valence-electron chi connectivity index (χ4n) is 2.96. The molecule has 0 spiro atoms. The van der Waals surface area contributed by atoms with Crippen LogP contribution in [0, 0.1) is 0 Å². The van der Waals surface area contributed by atoms with Crippen molar-refractivity contribution in [2.45, 2.75) is 16.8 Å². The minimum Gasteiger partial charge on any atom is -0.380 e. The van der Waals surface area contributed by atoms with Gasteiger partial charge in [0.15, 0.2) is 5.16 Å². The van der Waals surface area contributed by atoms with Crippen LogP contribution in [0.4, 0.5) is 5.69 Å². The summed E-state index contributed by atoms with van der Waals surface area (Å²) in [6, 6.07) is 4.10. The van der Waals surface area contributed by atoms with Crippen LogP contribution in [0.15, 0.2) is 17.3 Å².